The van der Waals surface area contributed by atoms with E-state index in [9.17, 15) is 0 Å². The number of hydrogen-bond donors (Lipinski definition) is 0. The quantitative estimate of drug-likeness (QED) is 0.151. The van der Waals surface area contributed by atoms with E-state index in [0.717, 1.165) is 96.9 Å². The molecular formula is C71H77N21+6. The number of rotatable bonds is 7. The smallest absolute Gasteiger partial charge is 0.259 e. The van der Waals surface area contributed by atoms with Gasteiger partial charge >= 0.3 is 52.3 Å². The predicted octanol–water partition coefficient (Wildman–Crippen LogP) is 7.96. The third kappa shape index (κ3) is 8.33. The molecule has 0 unspecified atom stereocenters. The van der Waals surface area contributed by atoms with Gasteiger partial charge in [0, 0.05) is 53.3 Å². The molecule has 0 saturated carbocycles. The molecule has 0 bridgehead atoms. The molecule has 0 spiro atoms. The molecule has 0 aliphatic heterocycles. The first kappa shape index (κ1) is 50.5. The Balaban J connectivity index is 0.000000121. The Morgan fingerprint density at radius 3 is 1.38 bits per heavy atom. The van der Waals surface area contributed by atoms with Gasteiger partial charge in [0.1, 0.15) is 54.8 Å². The van der Waals surface area contributed by atoms with Crippen LogP contribution in [-0.4, -0.2) is 69.6 Å². The maximum Gasteiger partial charge on any atom is 0.327 e. The van der Waals surface area contributed by atoms with Crippen LogP contribution in [0.3, 0.4) is 0 Å². The molecule has 92 heavy (non-hydrogen) atoms. The van der Waals surface area contributed by atoms with Crippen LogP contribution >= 0.6 is 0 Å². The first-order chi connectivity index (χ1) is 46.8. The summed E-state index contributed by atoms with van der Waals surface area (Å²) in [4.78, 5) is 14.1. The maximum atomic E-state index is 8.11. The summed E-state index contributed by atoms with van der Waals surface area (Å²) in [5.41, 5.74) is 15.7. The SMILES string of the molecule is Cn1c(-c2cc[n+](-c3cn4c5ccccc5nc4n3C)n2C)[n+](C)c2ccccc21.[2H]C([2H])([2H])c1cccc(C)c1-n1cc[n+](C)c1-c1cc[n+](-c2cn3c4ccccc4nc3n2C)n1C.[2H]C([2H])([2H])c1nc2n(C)c(-[n+]3ccc(-c4n(C)c5ccccc5[n+]4C)n3C)c(C)n2c1C. The molecule has 17 aromatic rings. The lowest BCUT2D eigenvalue weighted by atomic mass is 10.1. The maximum absolute atomic E-state index is 8.11. The van der Waals surface area contributed by atoms with Gasteiger partial charge in [-0.2, -0.15) is 33.2 Å². The number of hydrogen-bond acceptors (Lipinski definition) is 3. The molecule has 0 atom stereocenters. The van der Waals surface area contributed by atoms with Crippen LogP contribution < -0.4 is 27.7 Å². The Morgan fingerprint density at radius 1 is 0.413 bits per heavy atom. The topological polar surface area (TPSA) is 120 Å². The Morgan fingerprint density at radius 2 is 0.880 bits per heavy atom. The van der Waals surface area contributed by atoms with Gasteiger partial charge in [-0.3, -0.25) is 13.2 Å². The monoisotopic (exact) mass is 1230 g/mol. The highest BCUT2D eigenvalue weighted by atomic mass is 15.5. The number of imidazole rings is 9. The fourth-order valence-electron chi connectivity index (χ4n) is 14.0. The summed E-state index contributed by atoms with van der Waals surface area (Å²) in [6, 6.07) is 44.9. The Bertz CT molecular complexity index is 5980. The molecule has 460 valence electrons. The lowest BCUT2D eigenvalue weighted by molar-refractivity contribution is -0.688. The van der Waals surface area contributed by atoms with Gasteiger partial charge in [0.05, 0.1) is 84.1 Å². The zero-order valence-corrected chi connectivity index (χ0v) is 54.1. The van der Waals surface area contributed by atoms with Crippen LogP contribution in [0.2, 0.25) is 0 Å². The van der Waals surface area contributed by atoms with Gasteiger partial charge in [-0.1, -0.05) is 66.7 Å². The first-order valence-electron chi connectivity index (χ1n) is 33.5. The average molecular weight is 1230 g/mol. The van der Waals surface area contributed by atoms with Gasteiger partial charge in [-0.25, -0.2) is 36.9 Å². The van der Waals surface area contributed by atoms with Crippen LogP contribution in [0.4, 0.5) is 0 Å². The molecule has 17 rings (SSSR count). The second-order valence-corrected chi connectivity index (χ2v) is 23.9. The molecule has 0 amide bonds. The average Bonchev–Trinajstić information content (AvgIpc) is 1.69. The second kappa shape index (κ2) is 21.1. The molecular weight excluding hydrogens is 1150 g/mol. The van der Waals surface area contributed by atoms with Gasteiger partial charge in [0.25, 0.3) is 0 Å². The van der Waals surface area contributed by atoms with E-state index in [1.165, 1.54) is 22.1 Å². The van der Waals surface area contributed by atoms with Crippen molar-refractivity contribution >= 4 is 61.5 Å². The van der Waals surface area contributed by atoms with E-state index in [-0.39, 0.29) is 5.69 Å². The summed E-state index contributed by atoms with van der Waals surface area (Å²) in [6.45, 7) is 1.29. The highest BCUT2D eigenvalue weighted by Gasteiger charge is 2.34. The van der Waals surface area contributed by atoms with Gasteiger partial charge in [-0.15, -0.1) is 14.0 Å². The van der Waals surface area contributed by atoms with Crippen molar-refractivity contribution in [2.45, 2.75) is 34.5 Å². The van der Waals surface area contributed by atoms with Gasteiger partial charge in [0.2, 0.25) is 0 Å². The molecule has 21 heteroatoms. The summed E-state index contributed by atoms with van der Waals surface area (Å²) < 4.78 is 85.6. The molecule has 0 radical (unpaired) electrons. The van der Waals surface area contributed by atoms with Crippen molar-refractivity contribution in [2.75, 3.05) is 0 Å². The Hall–Kier alpha value is -11.4. The predicted molar refractivity (Wildman–Crippen MR) is 355 cm³/mol. The summed E-state index contributed by atoms with van der Waals surface area (Å²) in [6.07, 6.45) is 14.3. The zero-order valence-electron chi connectivity index (χ0n) is 60.1. The summed E-state index contributed by atoms with van der Waals surface area (Å²) >= 11 is 0. The van der Waals surface area contributed by atoms with Crippen molar-refractivity contribution in [2.24, 2.45) is 77.5 Å². The minimum Gasteiger partial charge on any atom is -0.259 e. The third-order valence-corrected chi connectivity index (χ3v) is 18.8. The van der Waals surface area contributed by atoms with Crippen LogP contribution in [0.5, 0.6) is 0 Å². The van der Waals surface area contributed by atoms with Gasteiger partial charge in [0.15, 0.2) is 39.1 Å². The van der Waals surface area contributed by atoms with E-state index < -0.39 is 13.7 Å². The van der Waals surface area contributed by atoms with E-state index in [2.05, 4.69) is 215 Å². The van der Waals surface area contributed by atoms with Crippen molar-refractivity contribution in [1.29, 1.82) is 0 Å². The number of fused-ring (bicyclic) bond motifs is 9. The first-order valence-corrected chi connectivity index (χ1v) is 30.5. The van der Waals surface area contributed by atoms with Crippen LogP contribution in [0.15, 0.2) is 177 Å². The molecule has 5 aromatic carbocycles. The van der Waals surface area contributed by atoms with Crippen molar-refractivity contribution in [1.82, 2.24) is 69.6 Å². The van der Waals surface area contributed by atoms with Crippen molar-refractivity contribution in [3.8, 4) is 57.7 Å². The number of nitrogens with zero attached hydrogens (tertiary/aromatic N) is 21. The number of aryl methyl sites for hydroxylation is 13. The van der Waals surface area contributed by atoms with Crippen molar-refractivity contribution in [3.63, 3.8) is 0 Å². The fraction of sp³-hybridized carbons (Fsp3) is 0.225. The highest BCUT2D eigenvalue weighted by molar-refractivity contribution is 5.81. The largest absolute Gasteiger partial charge is 0.327 e. The molecule has 0 aliphatic rings. The van der Waals surface area contributed by atoms with Crippen molar-refractivity contribution in [3.05, 3.63) is 205 Å². The summed E-state index contributed by atoms with van der Waals surface area (Å²) in [7, 11) is 22.5. The second-order valence-electron chi connectivity index (χ2n) is 23.9. The fourth-order valence-corrected chi connectivity index (χ4v) is 14.0. The van der Waals surface area contributed by atoms with E-state index in [4.69, 9.17) is 18.2 Å². The highest BCUT2D eigenvalue weighted by Crippen LogP contribution is 2.29. The van der Waals surface area contributed by atoms with Crippen LogP contribution in [0.1, 0.15) is 36.4 Å². The molecule has 12 aromatic heterocycles. The minimum absolute atomic E-state index is 0.151. The molecule has 0 aliphatic carbocycles. The van der Waals surface area contributed by atoms with E-state index in [0.29, 0.717) is 22.7 Å². The van der Waals surface area contributed by atoms with Crippen molar-refractivity contribution < 1.29 is 36.0 Å². The van der Waals surface area contributed by atoms with Crippen LogP contribution in [-0.2, 0) is 77.5 Å². The molecule has 21 nitrogen and oxygen atoms in total. The lowest BCUT2D eigenvalue weighted by Crippen LogP contribution is -2.42. The van der Waals surface area contributed by atoms with Crippen LogP contribution in [0.25, 0.3) is 119 Å². The normalized spacial score (nSPS) is 13.2. The van der Waals surface area contributed by atoms with E-state index in [1.807, 2.05) is 135 Å². The summed E-state index contributed by atoms with van der Waals surface area (Å²) in [5, 5.41) is 0. The number of aromatic nitrogens is 21. The van der Waals surface area contributed by atoms with Crippen LogP contribution in [0, 0.1) is 34.5 Å². The Labute approximate surface area is 539 Å². The van der Waals surface area contributed by atoms with E-state index in [1.54, 1.807) is 12.1 Å². The number of benzene rings is 5. The third-order valence-electron chi connectivity index (χ3n) is 18.8. The molecule has 0 N–H and O–H groups in total. The molecule has 0 fully saturated rings. The molecule has 0 saturated heterocycles. The number of para-hydroxylation sites is 9. The standard InChI is InChI=1S/C26H27N7.C23H23N7.C22H27N7/c1-18-9-8-10-19(2)24(18)31-16-15-28(3)25(31)22-13-14-33(30(22)5)23-17-32-21-12-7-6-11-20(21)27-26(32)29(23)4;1-25-18-11-7-8-12-19(18)26(2)22(25)20-13-14-30(28(20)4)21-15-29-17-10-6-5-9-16(17)24-23(29)27(21)3;1-14-15(2)29-16(3)20(26(6)22(29)23-14)28-13-12-19(27(28)7)21-24(4)17-10-8-9-11-18(17)25(21)5/h6-17H,1-5H3;5-15H,1-4H3;8-13H,1-7H3/q3*+2/i1D3;;1D3. The van der Waals surface area contributed by atoms with E-state index >= 15 is 0 Å². The minimum atomic E-state index is -2.24. The summed E-state index contributed by atoms with van der Waals surface area (Å²) in [5.74, 6) is 8.46. The van der Waals surface area contributed by atoms with Gasteiger partial charge in [-0.05, 0) is 94.1 Å². The molecule has 12 heterocycles. The Kier molecular flexibility index (Phi) is 11.6. The lowest BCUT2D eigenvalue weighted by Gasteiger charge is -2.09. The zero-order chi connectivity index (χ0) is 69.0. The van der Waals surface area contributed by atoms with Gasteiger partial charge < -0.3 is 0 Å².